The molecule has 0 aliphatic carbocycles. The molecule has 1 aromatic rings. The minimum Gasteiger partial charge on any atom is -0.480 e. The van der Waals surface area contributed by atoms with Crippen LogP contribution in [0.25, 0.3) is 0 Å². The molecular formula is C11H11NO3. The molecule has 2 N–H and O–H groups in total. The van der Waals surface area contributed by atoms with E-state index < -0.39 is 17.9 Å². The quantitative estimate of drug-likeness (QED) is 0.703. The second-order valence-electron chi connectivity index (χ2n) is 3.62. The summed E-state index contributed by atoms with van der Waals surface area (Å²) in [6.07, 6.45) is 0.490. The van der Waals surface area contributed by atoms with Crippen LogP contribution in [-0.2, 0) is 16.0 Å². The van der Waals surface area contributed by atoms with Gasteiger partial charge in [-0.25, -0.2) is 4.79 Å². The van der Waals surface area contributed by atoms with Crippen molar-refractivity contribution in [3.8, 4) is 0 Å². The van der Waals surface area contributed by atoms with Gasteiger partial charge in [0.25, 0.3) is 0 Å². The lowest BCUT2D eigenvalue weighted by atomic mass is 9.85. The molecule has 0 saturated carbocycles. The minimum atomic E-state index is -0.962. The van der Waals surface area contributed by atoms with Gasteiger partial charge in [-0.15, -0.1) is 0 Å². The molecule has 1 fully saturated rings. The fourth-order valence-corrected chi connectivity index (χ4v) is 1.73. The van der Waals surface area contributed by atoms with Crippen molar-refractivity contribution >= 4 is 11.9 Å². The zero-order valence-corrected chi connectivity index (χ0v) is 8.01. The second-order valence-corrected chi connectivity index (χ2v) is 3.62. The number of benzene rings is 1. The highest BCUT2D eigenvalue weighted by atomic mass is 16.4. The maximum Gasteiger partial charge on any atom is 0.327 e. The molecule has 1 aliphatic rings. The topological polar surface area (TPSA) is 66.4 Å². The van der Waals surface area contributed by atoms with Gasteiger partial charge in [0.15, 0.2) is 0 Å². The van der Waals surface area contributed by atoms with Crippen molar-refractivity contribution in [2.45, 2.75) is 12.5 Å². The largest absolute Gasteiger partial charge is 0.480 e. The first-order valence-electron chi connectivity index (χ1n) is 4.75. The Hall–Kier alpha value is -1.84. The highest BCUT2D eigenvalue weighted by Crippen LogP contribution is 2.20. The summed E-state index contributed by atoms with van der Waals surface area (Å²) in [5.74, 6) is -1.56. The Morgan fingerprint density at radius 1 is 1.33 bits per heavy atom. The Bertz CT molecular complexity index is 388. The van der Waals surface area contributed by atoms with Gasteiger partial charge in [-0.1, -0.05) is 30.3 Å². The van der Waals surface area contributed by atoms with Gasteiger partial charge < -0.3 is 10.4 Å². The summed E-state index contributed by atoms with van der Waals surface area (Å²) in [5.41, 5.74) is 0.989. The number of carboxylic acid groups (broad SMARTS) is 1. The van der Waals surface area contributed by atoms with E-state index >= 15 is 0 Å². The van der Waals surface area contributed by atoms with Gasteiger partial charge in [0.2, 0.25) is 5.91 Å². The Kier molecular flexibility index (Phi) is 2.41. The summed E-state index contributed by atoms with van der Waals surface area (Å²) in [5, 5.41) is 11.2. The molecule has 78 valence electrons. The molecule has 15 heavy (non-hydrogen) atoms. The van der Waals surface area contributed by atoms with E-state index in [1.165, 1.54) is 0 Å². The predicted molar refractivity (Wildman–Crippen MR) is 53.2 cm³/mol. The SMILES string of the molecule is O=C(O)[C@H]1NC(=O)[C@@H]1Cc1ccccc1. The molecule has 0 radical (unpaired) electrons. The van der Waals surface area contributed by atoms with Crippen LogP contribution < -0.4 is 5.32 Å². The van der Waals surface area contributed by atoms with Crippen molar-refractivity contribution in [1.82, 2.24) is 5.32 Å². The first-order valence-corrected chi connectivity index (χ1v) is 4.75. The first-order chi connectivity index (χ1) is 7.18. The van der Waals surface area contributed by atoms with Gasteiger partial charge in [-0.05, 0) is 12.0 Å². The molecule has 4 heteroatoms. The summed E-state index contributed by atoms with van der Waals surface area (Å²) in [6, 6.07) is 8.70. The van der Waals surface area contributed by atoms with Crippen molar-refractivity contribution < 1.29 is 14.7 Å². The van der Waals surface area contributed by atoms with Crippen LogP contribution >= 0.6 is 0 Å². The number of hydrogen-bond acceptors (Lipinski definition) is 2. The molecule has 0 aromatic heterocycles. The van der Waals surface area contributed by atoms with Gasteiger partial charge in [0.05, 0.1) is 5.92 Å². The summed E-state index contributed by atoms with van der Waals surface area (Å²) in [7, 11) is 0. The number of carbonyl (C=O) groups is 2. The van der Waals surface area contributed by atoms with E-state index in [1.807, 2.05) is 30.3 Å². The number of β-lactam (4-membered cyclic amide) rings is 1. The molecule has 1 aliphatic heterocycles. The number of hydrogen-bond donors (Lipinski definition) is 2. The van der Waals surface area contributed by atoms with Gasteiger partial charge in [0, 0.05) is 0 Å². The normalized spacial score (nSPS) is 24.1. The number of rotatable bonds is 3. The average molecular weight is 205 g/mol. The van der Waals surface area contributed by atoms with Gasteiger partial charge >= 0.3 is 5.97 Å². The third-order valence-corrected chi connectivity index (χ3v) is 2.60. The lowest BCUT2D eigenvalue weighted by Crippen LogP contribution is -2.62. The van der Waals surface area contributed by atoms with Crippen LogP contribution in [0.4, 0.5) is 0 Å². The highest BCUT2D eigenvalue weighted by Gasteiger charge is 2.43. The minimum absolute atomic E-state index is 0.175. The van der Waals surface area contributed by atoms with Crippen LogP contribution in [0.5, 0.6) is 0 Å². The van der Waals surface area contributed by atoms with Crippen molar-refractivity contribution in [1.29, 1.82) is 0 Å². The highest BCUT2D eigenvalue weighted by molar-refractivity contribution is 5.96. The zero-order chi connectivity index (χ0) is 10.8. The molecule has 1 saturated heterocycles. The molecule has 2 rings (SSSR count). The van der Waals surface area contributed by atoms with E-state index in [9.17, 15) is 9.59 Å². The smallest absolute Gasteiger partial charge is 0.327 e. The van der Waals surface area contributed by atoms with Crippen LogP contribution in [-0.4, -0.2) is 23.0 Å². The zero-order valence-electron chi connectivity index (χ0n) is 8.01. The molecule has 1 heterocycles. The Balaban J connectivity index is 2.06. The fourth-order valence-electron chi connectivity index (χ4n) is 1.73. The molecule has 1 aromatic carbocycles. The Morgan fingerprint density at radius 2 is 2.00 bits per heavy atom. The van der Waals surface area contributed by atoms with E-state index in [4.69, 9.17) is 5.11 Å². The number of aliphatic carboxylic acids is 1. The third-order valence-electron chi connectivity index (χ3n) is 2.60. The molecule has 0 unspecified atom stereocenters. The standard InChI is InChI=1S/C11H11NO3/c13-10-8(9(12-10)11(14)15)6-7-4-2-1-3-5-7/h1-5,8-9H,6H2,(H,12,13)(H,14,15)/t8-,9+/m1/s1. The van der Waals surface area contributed by atoms with Crippen LogP contribution in [0.3, 0.4) is 0 Å². The Labute approximate surface area is 86.9 Å². The molecular weight excluding hydrogens is 194 g/mol. The lowest BCUT2D eigenvalue weighted by Gasteiger charge is -2.33. The molecule has 1 amide bonds. The van der Waals surface area contributed by atoms with Crippen molar-refractivity contribution in [3.05, 3.63) is 35.9 Å². The van der Waals surface area contributed by atoms with Crippen molar-refractivity contribution in [2.75, 3.05) is 0 Å². The summed E-state index contributed by atoms with van der Waals surface area (Å²) in [6.45, 7) is 0. The summed E-state index contributed by atoms with van der Waals surface area (Å²) >= 11 is 0. The van der Waals surface area contributed by atoms with Crippen LogP contribution in [0.1, 0.15) is 5.56 Å². The van der Waals surface area contributed by atoms with Crippen LogP contribution in [0.2, 0.25) is 0 Å². The van der Waals surface area contributed by atoms with Crippen LogP contribution in [0.15, 0.2) is 30.3 Å². The van der Waals surface area contributed by atoms with Gasteiger partial charge in [-0.2, -0.15) is 0 Å². The van der Waals surface area contributed by atoms with Crippen molar-refractivity contribution in [3.63, 3.8) is 0 Å². The van der Waals surface area contributed by atoms with Gasteiger partial charge in [0.1, 0.15) is 6.04 Å². The second kappa shape index (κ2) is 3.73. The number of carboxylic acids is 1. The van der Waals surface area contributed by atoms with E-state index in [1.54, 1.807) is 0 Å². The third kappa shape index (κ3) is 1.83. The number of amides is 1. The molecule has 2 atom stereocenters. The van der Waals surface area contributed by atoms with Gasteiger partial charge in [-0.3, -0.25) is 4.79 Å². The van der Waals surface area contributed by atoms with E-state index in [0.29, 0.717) is 6.42 Å². The number of carbonyl (C=O) groups excluding carboxylic acids is 1. The molecule has 0 bridgehead atoms. The van der Waals surface area contributed by atoms with E-state index in [-0.39, 0.29) is 5.91 Å². The average Bonchev–Trinajstić information content (AvgIpc) is 2.23. The van der Waals surface area contributed by atoms with E-state index in [0.717, 1.165) is 5.56 Å². The lowest BCUT2D eigenvalue weighted by molar-refractivity contribution is -0.153. The number of nitrogens with one attached hydrogen (secondary N) is 1. The summed E-state index contributed by atoms with van der Waals surface area (Å²) < 4.78 is 0. The fraction of sp³-hybridized carbons (Fsp3) is 0.273. The predicted octanol–water partition coefficient (Wildman–Crippen LogP) is 0.428. The molecule has 4 nitrogen and oxygen atoms in total. The summed E-state index contributed by atoms with van der Waals surface area (Å²) in [4.78, 5) is 21.9. The maximum atomic E-state index is 11.2. The van der Waals surface area contributed by atoms with E-state index in [2.05, 4.69) is 5.32 Å². The maximum absolute atomic E-state index is 11.2. The Morgan fingerprint density at radius 3 is 2.53 bits per heavy atom. The molecule has 0 spiro atoms. The first kappa shape index (κ1) is 9.71. The van der Waals surface area contributed by atoms with Crippen molar-refractivity contribution in [2.24, 2.45) is 5.92 Å². The van der Waals surface area contributed by atoms with Crippen LogP contribution in [0, 0.1) is 5.92 Å². The monoisotopic (exact) mass is 205 g/mol.